The van der Waals surface area contributed by atoms with Crippen LogP contribution in [0.2, 0.25) is 0 Å². The third-order valence-electron chi connectivity index (χ3n) is 4.82. The molecule has 0 bridgehead atoms. The molecule has 9 heteroatoms. The molecule has 1 aliphatic rings. The predicted octanol–water partition coefficient (Wildman–Crippen LogP) is 5.58. The van der Waals surface area contributed by atoms with Gasteiger partial charge < -0.3 is 9.47 Å². The van der Waals surface area contributed by atoms with Crippen molar-refractivity contribution in [3.63, 3.8) is 0 Å². The summed E-state index contributed by atoms with van der Waals surface area (Å²) in [6.07, 6.45) is 1.70. The van der Waals surface area contributed by atoms with Gasteiger partial charge in [-0.05, 0) is 69.6 Å². The molecule has 4 rings (SSSR count). The van der Waals surface area contributed by atoms with E-state index in [1.807, 2.05) is 42.5 Å². The van der Waals surface area contributed by atoms with Crippen molar-refractivity contribution in [3.8, 4) is 11.5 Å². The van der Waals surface area contributed by atoms with Gasteiger partial charge in [-0.1, -0.05) is 60.3 Å². The molecule has 0 aliphatic carbocycles. The first-order chi connectivity index (χ1) is 16.5. The Morgan fingerprint density at radius 1 is 1.12 bits per heavy atom. The number of nitrogens with one attached hydrogen (secondary N) is 1. The highest BCUT2D eigenvalue weighted by Crippen LogP contribution is 2.39. The zero-order valence-electron chi connectivity index (χ0n) is 18.0. The van der Waals surface area contributed by atoms with Crippen molar-refractivity contribution in [1.29, 1.82) is 0 Å². The second kappa shape index (κ2) is 10.9. The molecule has 0 saturated carbocycles. The first kappa shape index (κ1) is 24.0. The minimum absolute atomic E-state index is 0.245. The summed E-state index contributed by atoms with van der Waals surface area (Å²) in [5.41, 5.74) is 4.75. The van der Waals surface area contributed by atoms with E-state index in [-0.39, 0.29) is 4.32 Å². The number of hydrazine groups is 1. The Kier molecular flexibility index (Phi) is 7.66. The molecule has 1 N–H and O–H groups in total. The minimum atomic E-state index is -0.414. The summed E-state index contributed by atoms with van der Waals surface area (Å²) in [6.45, 7) is 0.384. The Hall–Kier alpha value is -3.14. The molecule has 0 spiro atoms. The number of rotatable bonds is 7. The number of methoxy groups -OCH3 is 1. The molecule has 0 unspecified atom stereocenters. The molecule has 0 radical (unpaired) electrons. The van der Waals surface area contributed by atoms with Crippen LogP contribution < -0.4 is 14.9 Å². The van der Waals surface area contributed by atoms with E-state index >= 15 is 0 Å². The molecule has 34 heavy (non-hydrogen) atoms. The maximum atomic E-state index is 12.9. The lowest BCUT2D eigenvalue weighted by Gasteiger charge is -2.15. The number of carbonyl (C=O) groups is 2. The van der Waals surface area contributed by atoms with Gasteiger partial charge in [-0.2, -0.15) is 5.01 Å². The van der Waals surface area contributed by atoms with E-state index in [0.29, 0.717) is 38.6 Å². The predicted molar refractivity (Wildman–Crippen MR) is 140 cm³/mol. The molecule has 172 valence electrons. The molecule has 1 saturated heterocycles. The van der Waals surface area contributed by atoms with Crippen molar-refractivity contribution in [2.45, 2.75) is 6.61 Å². The third-order valence-corrected chi connectivity index (χ3v) is 6.71. The van der Waals surface area contributed by atoms with Crippen LogP contribution in [0.1, 0.15) is 21.5 Å². The van der Waals surface area contributed by atoms with Crippen molar-refractivity contribution in [2.75, 3.05) is 7.11 Å². The van der Waals surface area contributed by atoms with Gasteiger partial charge in [-0.15, -0.1) is 0 Å². The Balaban J connectivity index is 1.51. The number of halogens is 1. The van der Waals surface area contributed by atoms with Crippen molar-refractivity contribution >= 4 is 62.1 Å². The second-order valence-corrected chi connectivity index (χ2v) is 9.66. The molecule has 0 atom stereocenters. The van der Waals surface area contributed by atoms with Gasteiger partial charge in [-0.25, -0.2) is 0 Å². The fraction of sp³-hybridized carbons (Fsp3) is 0.0800. The van der Waals surface area contributed by atoms with Gasteiger partial charge in [0.05, 0.1) is 16.5 Å². The van der Waals surface area contributed by atoms with Gasteiger partial charge in [0.2, 0.25) is 0 Å². The lowest BCUT2D eigenvalue weighted by molar-refractivity contribution is -0.123. The molecule has 3 aromatic carbocycles. The molecule has 3 aromatic rings. The largest absolute Gasteiger partial charge is 0.493 e. The summed E-state index contributed by atoms with van der Waals surface area (Å²) in [6, 6.07) is 22.0. The Bertz CT molecular complexity index is 1270. The fourth-order valence-corrected chi connectivity index (χ4v) is 4.92. The number of thioether (sulfide) groups is 1. The van der Waals surface area contributed by atoms with Crippen LogP contribution in [0.25, 0.3) is 6.08 Å². The number of benzene rings is 3. The summed E-state index contributed by atoms with van der Waals surface area (Å²) in [7, 11) is 1.56. The van der Waals surface area contributed by atoms with E-state index in [1.54, 1.807) is 43.5 Å². The van der Waals surface area contributed by atoms with Crippen LogP contribution >= 0.6 is 39.9 Å². The number of nitrogens with zero attached hydrogens (tertiary/aromatic N) is 1. The maximum absolute atomic E-state index is 12.9. The monoisotopic (exact) mass is 554 g/mol. The highest BCUT2D eigenvalue weighted by atomic mass is 79.9. The quantitative estimate of drug-likeness (QED) is 0.303. The average molecular weight is 555 g/mol. The normalized spacial score (nSPS) is 14.4. The van der Waals surface area contributed by atoms with Gasteiger partial charge in [0, 0.05) is 5.56 Å². The lowest BCUT2D eigenvalue weighted by Crippen LogP contribution is -2.44. The van der Waals surface area contributed by atoms with E-state index in [4.69, 9.17) is 21.7 Å². The summed E-state index contributed by atoms with van der Waals surface area (Å²) < 4.78 is 12.4. The summed E-state index contributed by atoms with van der Waals surface area (Å²) in [5.74, 6) is 0.261. The van der Waals surface area contributed by atoms with Crippen molar-refractivity contribution in [3.05, 3.63) is 98.9 Å². The highest BCUT2D eigenvalue weighted by molar-refractivity contribution is 9.10. The molecular weight excluding hydrogens is 536 g/mol. The van der Waals surface area contributed by atoms with Crippen molar-refractivity contribution < 1.29 is 19.1 Å². The summed E-state index contributed by atoms with van der Waals surface area (Å²) in [4.78, 5) is 25.8. The average Bonchev–Trinajstić information content (AvgIpc) is 3.11. The number of thiocarbonyl (C=S) groups is 1. The molecule has 1 fully saturated rings. The molecule has 6 nitrogen and oxygen atoms in total. The SMILES string of the molecule is COc1cc(/C=C2\SC(=S)N(NC(=O)c3ccccc3)C2=O)cc(Br)c1OCc1ccccc1. The molecule has 2 amide bonds. The van der Waals surface area contributed by atoms with E-state index < -0.39 is 11.8 Å². The number of amides is 2. The Morgan fingerprint density at radius 2 is 1.79 bits per heavy atom. The van der Waals surface area contributed by atoms with Crippen LogP contribution in [-0.4, -0.2) is 28.3 Å². The van der Waals surface area contributed by atoms with Gasteiger partial charge in [0.25, 0.3) is 11.8 Å². The number of hydrogen-bond donors (Lipinski definition) is 1. The van der Waals surface area contributed by atoms with Gasteiger partial charge >= 0.3 is 0 Å². The summed E-state index contributed by atoms with van der Waals surface area (Å²) in [5, 5.41) is 1.09. The van der Waals surface area contributed by atoms with Crippen LogP contribution in [-0.2, 0) is 11.4 Å². The fourth-order valence-electron chi connectivity index (χ4n) is 3.16. The number of ether oxygens (including phenoxy) is 2. The maximum Gasteiger partial charge on any atom is 0.285 e. The van der Waals surface area contributed by atoms with Crippen molar-refractivity contribution in [1.82, 2.24) is 10.4 Å². The smallest absolute Gasteiger partial charge is 0.285 e. The number of carbonyl (C=O) groups excluding carboxylic acids is 2. The minimum Gasteiger partial charge on any atom is -0.493 e. The van der Waals surface area contributed by atoms with E-state index in [9.17, 15) is 9.59 Å². The topological polar surface area (TPSA) is 67.9 Å². The second-order valence-electron chi connectivity index (χ2n) is 7.13. The van der Waals surface area contributed by atoms with Crippen LogP contribution in [0.15, 0.2) is 82.2 Å². The highest BCUT2D eigenvalue weighted by Gasteiger charge is 2.34. The van der Waals surface area contributed by atoms with Crippen LogP contribution in [0.3, 0.4) is 0 Å². The molecule has 1 aliphatic heterocycles. The Labute approximate surface area is 215 Å². The van der Waals surface area contributed by atoms with Crippen LogP contribution in [0.5, 0.6) is 11.5 Å². The van der Waals surface area contributed by atoms with Crippen LogP contribution in [0.4, 0.5) is 0 Å². The Morgan fingerprint density at radius 3 is 2.47 bits per heavy atom. The number of hydrogen-bond acceptors (Lipinski definition) is 6. The van der Waals surface area contributed by atoms with Gasteiger partial charge in [0.15, 0.2) is 15.8 Å². The molecule has 1 heterocycles. The zero-order chi connectivity index (χ0) is 24.1. The lowest BCUT2D eigenvalue weighted by atomic mass is 10.1. The standard InChI is InChI=1S/C25H19BrN2O4S2/c1-31-20-13-17(12-19(26)22(20)32-15-16-8-4-2-5-9-16)14-21-24(30)28(25(33)34-21)27-23(29)18-10-6-3-7-11-18/h2-14H,15H2,1H3,(H,27,29)/b21-14-. The first-order valence-corrected chi connectivity index (χ1v) is 12.2. The third kappa shape index (κ3) is 5.49. The van der Waals surface area contributed by atoms with E-state index in [1.165, 1.54) is 0 Å². The zero-order valence-corrected chi connectivity index (χ0v) is 21.2. The van der Waals surface area contributed by atoms with Gasteiger partial charge in [0.1, 0.15) is 6.61 Å². The van der Waals surface area contributed by atoms with Crippen molar-refractivity contribution in [2.24, 2.45) is 0 Å². The molecule has 0 aromatic heterocycles. The van der Waals surface area contributed by atoms with Crippen LogP contribution in [0, 0.1) is 0 Å². The molecular formula is C25H19BrN2O4S2. The first-order valence-electron chi connectivity index (χ1n) is 10.1. The van der Waals surface area contributed by atoms with Gasteiger partial charge in [-0.3, -0.25) is 15.0 Å². The van der Waals surface area contributed by atoms with E-state index in [0.717, 1.165) is 22.3 Å². The summed E-state index contributed by atoms with van der Waals surface area (Å²) >= 11 is 9.97. The van der Waals surface area contributed by atoms with E-state index in [2.05, 4.69) is 21.4 Å².